The van der Waals surface area contributed by atoms with Gasteiger partial charge in [0.2, 0.25) is 17.7 Å². The van der Waals surface area contributed by atoms with E-state index in [9.17, 15) is 23.6 Å². The molecule has 3 rings (SSSR count). The molecule has 0 unspecified atom stereocenters. The highest BCUT2D eigenvalue weighted by Crippen LogP contribution is 2.23. The van der Waals surface area contributed by atoms with E-state index >= 15 is 0 Å². The molecule has 0 bridgehead atoms. The molecule has 0 fully saturated rings. The molecular formula is C24H24FN3O6. The molecule has 0 aliphatic rings. The van der Waals surface area contributed by atoms with E-state index in [2.05, 4.69) is 10.6 Å². The summed E-state index contributed by atoms with van der Waals surface area (Å²) in [4.78, 5) is 48.8. The molecule has 0 radical (unpaired) electrons. The summed E-state index contributed by atoms with van der Waals surface area (Å²) < 4.78 is 24.4. The van der Waals surface area contributed by atoms with Crippen LogP contribution in [0.15, 0.2) is 57.7 Å². The van der Waals surface area contributed by atoms with E-state index in [0.717, 1.165) is 0 Å². The van der Waals surface area contributed by atoms with Gasteiger partial charge in [-0.3, -0.25) is 14.4 Å². The standard InChI is InChI=1S/C24H24FN3O6/c1-13(29)27-20(9-14-5-3-4-6-18(14)25)24(32)28-19(23(26)31)10-15-11-22(30)34-21-12-16(33-2)7-8-17(15)21/h3-8,11-12,19-20H,9-10H2,1-2H3,(H2,26,31)(H,27,29)(H,28,32)/t19-,20-/m0/s1. The molecule has 0 aliphatic carbocycles. The van der Waals surface area contributed by atoms with E-state index in [1.54, 1.807) is 18.2 Å². The average Bonchev–Trinajstić information content (AvgIpc) is 2.78. The topological polar surface area (TPSA) is 141 Å². The van der Waals surface area contributed by atoms with Gasteiger partial charge in [0.05, 0.1) is 7.11 Å². The van der Waals surface area contributed by atoms with E-state index in [0.29, 0.717) is 16.7 Å². The van der Waals surface area contributed by atoms with Gasteiger partial charge in [-0.15, -0.1) is 0 Å². The third-order valence-electron chi connectivity index (χ3n) is 5.20. The lowest BCUT2D eigenvalue weighted by atomic mass is 10.0. The van der Waals surface area contributed by atoms with Gasteiger partial charge in [-0.2, -0.15) is 0 Å². The van der Waals surface area contributed by atoms with Crippen molar-refractivity contribution >= 4 is 28.7 Å². The van der Waals surface area contributed by atoms with Crippen LogP contribution in [0.4, 0.5) is 4.39 Å². The van der Waals surface area contributed by atoms with Crippen molar-refractivity contribution in [1.29, 1.82) is 0 Å². The molecule has 9 nitrogen and oxygen atoms in total. The van der Waals surface area contributed by atoms with Gasteiger partial charge in [0.15, 0.2) is 0 Å². The van der Waals surface area contributed by atoms with Crippen LogP contribution in [0.3, 0.4) is 0 Å². The van der Waals surface area contributed by atoms with Crippen LogP contribution < -0.4 is 26.7 Å². The minimum Gasteiger partial charge on any atom is -0.497 e. The number of primary amides is 1. The van der Waals surface area contributed by atoms with Crippen molar-refractivity contribution in [3.05, 3.63) is 75.9 Å². The van der Waals surface area contributed by atoms with Gasteiger partial charge in [0.1, 0.15) is 29.2 Å². The molecule has 0 aliphatic heterocycles. The highest BCUT2D eigenvalue weighted by atomic mass is 19.1. The molecule has 178 valence electrons. The number of ether oxygens (including phenoxy) is 1. The normalized spacial score (nSPS) is 12.6. The molecule has 3 amide bonds. The molecule has 0 saturated heterocycles. The fourth-order valence-corrected chi connectivity index (χ4v) is 3.56. The van der Waals surface area contributed by atoms with Gasteiger partial charge >= 0.3 is 5.63 Å². The smallest absolute Gasteiger partial charge is 0.336 e. The second kappa shape index (κ2) is 10.6. The van der Waals surface area contributed by atoms with Crippen LogP contribution in [0.5, 0.6) is 5.75 Å². The first-order valence-electron chi connectivity index (χ1n) is 10.4. The molecule has 3 aromatic rings. The summed E-state index contributed by atoms with van der Waals surface area (Å²) in [6.07, 6.45) is -0.247. The summed E-state index contributed by atoms with van der Waals surface area (Å²) in [5, 5.41) is 5.51. The van der Waals surface area contributed by atoms with Crippen molar-refractivity contribution in [2.24, 2.45) is 5.73 Å². The SMILES string of the molecule is COc1ccc2c(C[C@H](NC(=O)[C@H](Cc3ccccc3F)NC(C)=O)C(N)=O)cc(=O)oc2c1. The fourth-order valence-electron chi connectivity index (χ4n) is 3.56. The van der Waals surface area contributed by atoms with Crippen LogP contribution >= 0.6 is 0 Å². The van der Waals surface area contributed by atoms with E-state index in [1.165, 1.54) is 44.4 Å². The Morgan fingerprint density at radius 2 is 1.74 bits per heavy atom. The van der Waals surface area contributed by atoms with Crippen molar-refractivity contribution < 1.29 is 27.9 Å². The van der Waals surface area contributed by atoms with Gasteiger partial charge in [-0.25, -0.2) is 9.18 Å². The maximum absolute atomic E-state index is 14.1. The molecule has 10 heteroatoms. The maximum Gasteiger partial charge on any atom is 0.336 e. The second-order valence-electron chi connectivity index (χ2n) is 7.67. The molecule has 0 saturated carbocycles. The van der Waals surface area contributed by atoms with Crippen LogP contribution in [-0.2, 0) is 27.2 Å². The van der Waals surface area contributed by atoms with Crippen molar-refractivity contribution in [3.63, 3.8) is 0 Å². The lowest BCUT2D eigenvalue weighted by Gasteiger charge is -2.22. The number of nitrogens with one attached hydrogen (secondary N) is 2. The number of halogens is 1. The zero-order valence-electron chi connectivity index (χ0n) is 18.6. The molecule has 34 heavy (non-hydrogen) atoms. The first kappa shape index (κ1) is 24.4. The number of benzene rings is 2. The van der Waals surface area contributed by atoms with E-state index in [4.69, 9.17) is 14.9 Å². The zero-order valence-corrected chi connectivity index (χ0v) is 18.6. The first-order valence-corrected chi connectivity index (χ1v) is 10.4. The summed E-state index contributed by atoms with van der Waals surface area (Å²) in [5.74, 6) is -2.14. The quantitative estimate of drug-likeness (QED) is 0.402. The Labute approximate surface area is 194 Å². The molecule has 1 aromatic heterocycles. The van der Waals surface area contributed by atoms with Gasteiger partial charge in [-0.05, 0) is 29.3 Å². The Bertz CT molecular complexity index is 1290. The van der Waals surface area contributed by atoms with Crippen LogP contribution in [0.1, 0.15) is 18.1 Å². The Hall–Kier alpha value is -4.21. The number of hydrogen-bond acceptors (Lipinski definition) is 6. The van der Waals surface area contributed by atoms with Crippen LogP contribution in [-0.4, -0.2) is 36.9 Å². The highest BCUT2D eigenvalue weighted by molar-refractivity contribution is 5.92. The number of carbonyl (C=O) groups is 3. The number of methoxy groups -OCH3 is 1. The number of amides is 3. The van der Waals surface area contributed by atoms with Crippen LogP contribution in [0, 0.1) is 5.82 Å². The molecule has 0 spiro atoms. The maximum atomic E-state index is 14.1. The molecule has 4 N–H and O–H groups in total. The van der Waals surface area contributed by atoms with Crippen molar-refractivity contribution in [2.75, 3.05) is 7.11 Å². The molecule has 2 atom stereocenters. The second-order valence-corrected chi connectivity index (χ2v) is 7.67. The van der Waals surface area contributed by atoms with Gasteiger partial charge < -0.3 is 25.5 Å². The van der Waals surface area contributed by atoms with E-state index in [-0.39, 0.29) is 24.0 Å². The largest absolute Gasteiger partial charge is 0.497 e. The van der Waals surface area contributed by atoms with Crippen molar-refractivity contribution in [2.45, 2.75) is 31.8 Å². The zero-order chi connectivity index (χ0) is 24.8. The lowest BCUT2D eigenvalue weighted by Crippen LogP contribution is -2.54. The van der Waals surface area contributed by atoms with Crippen molar-refractivity contribution in [1.82, 2.24) is 10.6 Å². The van der Waals surface area contributed by atoms with Crippen LogP contribution in [0.25, 0.3) is 11.0 Å². The van der Waals surface area contributed by atoms with Gasteiger partial charge in [0.25, 0.3) is 0 Å². The third kappa shape index (κ3) is 5.97. The highest BCUT2D eigenvalue weighted by Gasteiger charge is 2.27. The van der Waals surface area contributed by atoms with Crippen molar-refractivity contribution in [3.8, 4) is 5.75 Å². The summed E-state index contributed by atoms with van der Waals surface area (Å²) in [6.45, 7) is 1.22. The predicted octanol–water partition coefficient (Wildman–Crippen LogP) is 1.20. The predicted molar refractivity (Wildman–Crippen MR) is 122 cm³/mol. The molecule has 2 aromatic carbocycles. The number of nitrogens with two attached hydrogens (primary N) is 1. The van der Waals surface area contributed by atoms with Gasteiger partial charge in [-0.1, -0.05) is 18.2 Å². The monoisotopic (exact) mass is 469 g/mol. The lowest BCUT2D eigenvalue weighted by molar-refractivity contribution is -0.130. The minimum absolute atomic E-state index is 0.109. The first-order chi connectivity index (χ1) is 16.2. The molecular weight excluding hydrogens is 445 g/mol. The third-order valence-corrected chi connectivity index (χ3v) is 5.20. The summed E-state index contributed by atoms with van der Waals surface area (Å²) in [7, 11) is 1.47. The Morgan fingerprint density at radius 1 is 1.03 bits per heavy atom. The number of hydrogen-bond donors (Lipinski definition) is 3. The Kier molecular flexibility index (Phi) is 7.62. The Balaban J connectivity index is 1.87. The minimum atomic E-state index is -1.21. The summed E-state index contributed by atoms with van der Waals surface area (Å²) in [6, 6.07) is 9.53. The van der Waals surface area contributed by atoms with E-state index < -0.39 is 41.2 Å². The number of carbonyl (C=O) groups excluding carboxylic acids is 3. The summed E-state index contributed by atoms with van der Waals surface area (Å²) in [5.41, 5.74) is 5.74. The number of fused-ring (bicyclic) bond motifs is 1. The number of rotatable bonds is 9. The van der Waals surface area contributed by atoms with Gasteiger partial charge in [0, 0.05) is 37.3 Å². The van der Waals surface area contributed by atoms with E-state index in [1.807, 2.05) is 0 Å². The average molecular weight is 469 g/mol. The Morgan fingerprint density at radius 3 is 2.38 bits per heavy atom. The summed E-state index contributed by atoms with van der Waals surface area (Å²) >= 11 is 0. The molecule has 1 heterocycles. The fraction of sp³-hybridized carbons (Fsp3) is 0.250. The van der Waals surface area contributed by atoms with Crippen LogP contribution in [0.2, 0.25) is 0 Å².